The van der Waals surface area contributed by atoms with Crippen LogP contribution in [-0.2, 0) is 11.8 Å². The molecule has 0 aliphatic heterocycles. The lowest BCUT2D eigenvalue weighted by atomic mass is 10.2. The maximum atomic E-state index is 11.4. The number of benzene rings is 1. The zero-order chi connectivity index (χ0) is 14.7. The van der Waals surface area contributed by atoms with E-state index in [0.717, 1.165) is 0 Å². The molecule has 1 aromatic heterocycles. The molecular formula is C13H13N3O4. The molecule has 0 unspecified atom stereocenters. The highest BCUT2D eigenvalue weighted by Crippen LogP contribution is 2.19. The van der Waals surface area contributed by atoms with Crippen LogP contribution in [0.5, 0.6) is 0 Å². The maximum absolute atomic E-state index is 11.4. The average molecular weight is 275 g/mol. The van der Waals surface area contributed by atoms with Crippen molar-refractivity contribution in [2.45, 2.75) is 0 Å². The van der Waals surface area contributed by atoms with Crippen LogP contribution in [0.1, 0.15) is 10.4 Å². The number of amides is 1. The lowest BCUT2D eigenvalue weighted by Gasteiger charge is -2.04. The number of aryl methyl sites for hydroxylation is 1. The van der Waals surface area contributed by atoms with E-state index in [-0.39, 0.29) is 18.1 Å². The first-order valence-corrected chi connectivity index (χ1v) is 5.77. The molecule has 0 aliphatic carbocycles. The van der Waals surface area contributed by atoms with Crippen LogP contribution in [0.2, 0.25) is 0 Å². The Balaban J connectivity index is 2.31. The Hall–Kier alpha value is -2.83. The Morgan fingerprint density at radius 2 is 2.30 bits per heavy atom. The largest absolute Gasteiger partial charge is 0.478 e. The number of carboxylic acid groups (broad SMARTS) is 1. The smallest absolute Gasteiger partial charge is 0.414 e. The summed E-state index contributed by atoms with van der Waals surface area (Å²) in [7, 11) is 1.71. The van der Waals surface area contributed by atoms with E-state index in [1.165, 1.54) is 18.2 Å². The first-order valence-electron chi connectivity index (χ1n) is 5.77. The summed E-state index contributed by atoms with van der Waals surface area (Å²) in [5, 5.41) is 11.4. The molecule has 2 N–H and O–H groups in total. The molecule has 1 amide bonds. The third kappa shape index (κ3) is 2.61. The Bertz CT molecular complexity index is 690. The van der Waals surface area contributed by atoms with Crippen LogP contribution >= 0.6 is 0 Å². The van der Waals surface area contributed by atoms with Crippen molar-refractivity contribution in [2.75, 3.05) is 11.9 Å². The molecule has 1 heterocycles. The maximum Gasteiger partial charge on any atom is 0.414 e. The molecule has 2 aromatic rings. The van der Waals surface area contributed by atoms with Crippen LogP contribution in [0.25, 0.3) is 11.0 Å². The van der Waals surface area contributed by atoms with Gasteiger partial charge in [-0.3, -0.25) is 5.32 Å². The zero-order valence-corrected chi connectivity index (χ0v) is 10.8. The van der Waals surface area contributed by atoms with Crippen LogP contribution < -0.4 is 5.32 Å². The number of carboxylic acids is 1. The van der Waals surface area contributed by atoms with E-state index in [1.807, 2.05) is 0 Å². The van der Waals surface area contributed by atoms with Gasteiger partial charge in [0.15, 0.2) is 0 Å². The molecule has 7 heteroatoms. The minimum absolute atomic E-state index is 0.0962. The lowest BCUT2D eigenvalue weighted by molar-refractivity contribution is 0.0697. The number of nitrogens with one attached hydrogen (secondary N) is 1. The van der Waals surface area contributed by atoms with Crippen molar-refractivity contribution in [2.24, 2.45) is 7.05 Å². The van der Waals surface area contributed by atoms with Crippen molar-refractivity contribution in [1.82, 2.24) is 9.55 Å². The van der Waals surface area contributed by atoms with Crippen LogP contribution in [0, 0.1) is 0 Å². The number of carbonyl (C=O) groups is 2. The summed E-state index contributed by atoms with van der Waals surface area (Å²) in [6.07, 6.45) is 0.801. The molecule has 0 aliphatic rings. The second-order valence-corrected chi connectivity index (χ2v) is 4.02. The van der Waals surface area contributed by atoms with Gasteiger partial charge in [-0.25, -0.2) is 14.6 Å². The monoisotopic (exact) mass is 275 g/mol. The normalized spacial score (nSPS) is 10.2. The van der Waals surface area contributed by atoms with Crippen molar-refractivity contribution in [3.8, 4) is 0 Å². The van der Waals surface area contributed by atoms with Crippen LogP contribution in [-0.4, -0.2) is 33.3 Å². The zero-order valence-electron chi connectivity index (χ0n) is 10.8. The van der Waals surface area contributed by atoms with Crippen molar-refractivity contribution in [1.29, 1.82) is 0 Å². The van der Waals surface area contributed by atoms with Gasteiger partial charge in [0, 0.05) is 7.05 Å². The van der Waals surface area contributed by atoms with Gasteiger partial charge in [0.25, 0.3) is 0 Å². The quantitative estimate of drug-likeness (QED) is 0.832. The number of imidazole rings is 1. The summed E-state index contributed by atoms with van der Waals surface area (Å²) >= 11 is 0. The number of hydrogen-bond acceptors (Lipinski definition) is 4. The number of ether oxygens (including phenoxy) is 1. The van der Waals surface area contributed by atoms with Gasteiger partial charge in [-0.15, -0.1) is 0 Å². The SMILES string of the molecule is C=CCOC(=O)Nc1nc2cc(C(=O)O)ccc2n1C. The Morgan fingerprint density at radius 1 is 1.55 bits per heavy atom. The molecule has 0 bridgehead atoms. The lowest BCUT2D eigenvalue weighted by Crippen LogP contribution is -2.16. The van der Waals surface area contributed by atoms with Crippen molar-refractivity contribution in [3.05, 3.63) is 36.4 Å². The minimum Gasteiger partial charge on any atom is -0.478 e. The van der Waals surface area contributed by atoms with E-state index in [2.05, 4.69) is 16.9 Å². The van der Waals surface area contributed by atoms with Gasteiger partial charge < -0.3 is 14.4 Å². The van der Waals surface area contributed by atoms with Gasteiger partial charge in [0.05, 0.1) is 16.6 Å². The molecule has 0 saturated carbocycles. The molecular weight excluding hydrogens is 262 g/mol. The highest BCUT2D eigenvalue weighted by molar-refractivity contribution is 5.94. The summed E-state index contributed by atoms with van der Waals surface area (Å²) in [6, 6.07) is 4.55. The van der Waals surface area contributed by atoms with Crippen molar-refractivity contribution in [3.63, 3.8) is 0 Å². The summed E-state index contributed by atoms with van der Waals surface area (Å²) in [6.45, 7) is 3.53. The first-order chi connectivity index (χ1) is 9.52. The molecule has 2 rings (SSSR count). The number of anilines is 1. The van der Waals surface area contributed by atoms with E-state index < -0.39 is 12.1 Å². The number of aromatic carboxylic acids is 1. The molecule has 7 nitrogen and oxygen atoms in total. The Labute approximate surface area is 114 Å². The summed E-state index contributed by atoms with van der Waals surface area (Å²) in [5.74, 6) is -0.756. The van der Waals surface area contributed by atoms with Crippen molar-refractivity contribution >= 4 is 29.0 Å². The minimum atomic E-state index is -1.03. The van der Waals surface area contributed by atoms with Gasteiger partial charge >= 0.3 is 12.1 Å². The molecule has 0 atom stereocenters. The third-order valence-electron chi connectivity index (χ3n) is 2.67. The van der Waals surface area contributed by atoms with Gasteiger partial charge in [0.2, 0.25) is 5.95 Å². The summed E-state index contributed by atoms with van der Waals surface area (Å²) in [5.41, 5.74) is 1.32. The highest BCUT2D eigenvalue weighted by atomic mass is 16.5. The standard InChI is InChI=1S/C13H13N3O4/c1-3-6-20-13(19)15-12-14-9-7-8(11(17)18)4-5-10(9)16(12)2/h3-5,7H,1,6H2,2H3,(H,17,18)(H,14,15,19). The number of fused-ring (bicyclic) bond motifs is 1. The number of carbonyl (C=O) groups excluding carboxylic acids is 1. The number of rotatable bonds is 4. The van der Waals surface area contributed by atoms with E-state index in [4.69, 9.17) is 9.84 Å². The predicted molar refractivity (Wildman–Crippen MR) is 72.8 cm³/mol. The first kappa shape index (κ1) is 13.6. The van der Waals surface area contributed by atoms with Gasteiger partial charge in [-0.2, -0.15) is 0 Å². The third-order valence-corrected chi connectivity index (χ3v) is 2.67. The molecule has 104 valence electrons. The fraction of sp³-hybridized carbons (Fsp3) is 0.154. The number of nitrogens with zero attached hydrogens (tertiary/aromatic N) is 2. The van der Waals surface area contributed by atoms with E-state index in [9.17, 15) is 9.59 Å². The second kappa shape index (κ2) is 5.43. The number of hydrogen-bond donors (Lipinski definition) is 2. The molecule has 0 fully saturated rings. The highest BCUT2D eigenvalue weighted by Gasteiger charge is 2.13. The van der Waals surface area contributed by atoms with Crippen LogP contribution in [0.15, 0.2) is 30.9 Å². The van der Waals surface area contributed by atoms with Gasteiger partial charge in [-0.1, -0.05) is 12.7 Å². The second-order valence-electron chi connectivity index (χ2n) is 4.02. The van der Waals surface area contributed by atoms with Crippen LogP contribution in [0.4, 0.5) is 10.7 Å². The van der Waals surface area contributed by atoms with E-state index in [1.54, 1.807) is 17.7 Å². The molecule has 1 aromatic carbocycles. The Kier molecular flexibility index (Phi) is 3.69. The average Bonchev–Trinajstić information content (AvgIpc) is 2.72. The molecule has 20 heavy (non-hydrogen) atoms. The molecule has 0 radical (unpaired) electrons. The van der Waals surface area contributed by atoms with Crippen molar-refractivity contribution < 1.29 is 19.4 Å². The topological polar surface area (TPSA) is 93.4 Å². The fourth-order valence-corrected chi connectivity index (χ4v) is 1.71. The predicted octanol–water partition coefficient (Wildman–Crippen LogP) is 2.01. The van der Waals surface area contributed by atoms with Gasteiger partial charge in [-0.05, 0) is 18.2 Å². The van der Waals surface area contributed by atoms with Crippen LogP contribution in [0.3, 0.4) is 0 Å². The van der Waals surface area contributed by atoms with Gasteiger partial charge in [0.1, 0.15) is 6.61 Å². The van der Waals surface area contributed by atoms with E-state index in [0.29, 0.717) is 11.0 Å². The number of aromatic nitrogens is 2. The van der Waals surface area contributed by atoms with E-state index >= 15 is 0 Å². The molecule has 0 saturated heterocycles. The summed E-state index contributed by atoms with van der Waals surface area (Å²) < 4.78 is 6.43. The molecule has 0 spiro atoms. The fourth-order valence-electron chi connectivity index (χ4n) is 1.71. The Morgan fingerprint density at radius 3 is 2.95 bits per heavy atom. The summed E-state index contributed by atoms with van der Waals surface area (Å²) in [4.78, 5) is 26.5.